The third-order valence-electron chi connectivity index (χ3n) is 11.3. The van der Waals surface area contributed by atoms with E-state index in [0.717, 1.165) is 50.5 Å². The van der Waals surface area contributed by atoms with Gasteiger partial charge in [-0.15, -0.1) is 0 Å². The molecule has 12 atom stereocenters. The first kappa shape index (κ1) is 65.5. The van der Waals surface area contributed by atoms with Crippen LogP contribution in [0.3, 0.4) is 0 Å². The zero-order chi connectivity index (χ0) is 55.0. The van der Waals surface area contributed by atoms with Crippen LogP contribution in [0.2, 0.25) is 0 Å². The number of carbonyl (C=O) groups excluding carboxylic acids is 3. The predicted molar refractivity (Wildman–Crippen MR) is 237 cm³/mol. The molecule has 32 heteroatoms. The summed E-state index contributed by atoms with van der Waals surface area (Å²) >= 11 is 0. The molecule has 0 spiro atoms. The van der Waals surface area contributed by atoms with Gasteiger partial charge in [-0.1, -0.05) is 0 Å². The van der Waals surface area contributed by atoms with Crippen molar-refractivity contribution >= 4 is 17.7 Å². The molecule has 3 heterocycles. The molecule has 0 aliphatic rings. The molecule has 0 saturated heterocycles. The fraction of sp³-hybridized carbons (Fsp3) is 0.571. The van der Waals surface area contributed by atoms with E-state index in [9.17, 15) is 105 Å². The quantitative estimate of drug-likeness (QED) is 0.0295. The molecule has 74 heavy (non-hydrogen) atoms. The number of rotatable bonds is 30. The van der Waals surface area contributed by atoms with Crippen molar-refractivity contribution in [3.8, 4) is 17.2 Å². The molecular weight excluding hydrogens is 1140 g/mol. The van der Waals surface area contributed by atoms with Crippen molar-refractivity contribution < 1.29 is 146 Å². The Hall–Kier alpha value is -4.66. The summed E-state index contributed by atoms with van der Waals surface area (Å²) in [5.74, 6) is -7.82. The first-order valence-corrected chi connectivity index (χ1v) is 22.1. The minimum atomic E-state index is -2.14. The third-order valence-corrected chi connectivity index (χ3v) is 11.3. The number of nitrogens with one attached hydrogen (secondary N) is 3. The summed E-state index contributed by atoms with van der Waals surface area (Å²) in [7, 11) is 0. The van der Waals surface area contributed by atoms with E-state index in [4.69, 9.17) is 15.3 Å². The normalized spacial score (nSPS) is 16.5. The van der Waals surface area contributed by atoms with Crippen LogP contribution in [0.4, 0.5) is 0 Å². The van der Waals surface area contributed by atoms with Crippen LogP contribution < -0.4 is 47.6 Å². The van der Waals surface area contributed by atoms with Crippen molar-refractivity contribution in [3.63, 3.8) is 0 Å². The number of carbonyl (C=O) groups is 3. The van der Waals surface area contributed by atoms with Crippen LogP contribution in [0.25, 0.3) is 0 Å². The summed E-state index contributed by atoms with van der Waals surface area (Å²) in [6, 6.07) is 2.20. The van der Waals surface area contributed by atoms with Gasteiger partial charge in [0.15, 0.2) is 16.3 Å². The molecule has 12 unspecified atom stereocenters. The predicted octanol–water partition coefficient (Wildman–Crippen LogP) is -13.4. The fourth-order valence-electron chi connectivity index (χ4n) is 7.01. The number of hydrogen-bond donors (Lipinski definition) is 18. The Morgan fingerprint density at radius 2 is 0.649 bits per heavy atom. The summed E-state index contributed by atoms with van der Waals surface area (Å²) in [4.78, 5) is 78.7. The molecule has 3 aromatic rings. The Labute approximate surface area is 450 Å². The van der Waals surface area contributed by atoms with Gasteiger partial charge in [0.1, 0.15) is 90.3 Å². The summed E-state index contributed by atoms with van der Waals surface area (Å²) in [5, 5.41) is 195. The van der Waals surface area contributed by atoms with Gasteiger partial charge in [0.05, 0.1) is 39.5 Å². The van der Waals surface area contributed by atoms with Crippen LogP contribution in [0.15, 0.2) is 51.2 Å². The van der Waals surface area contributed by atoms with Crippen LogP contribution >= 0.6 is 0 Å². The van der Waals surface area contributed by atoms with E-state index in [2.05, 4.69) is 16.0 Å². The second kappa shape index (κ2) is 30.8. The van der Waals surface area contributed by atoms with E-state index in [-0.39, 0.29) is 59.6 Å². The van der Waals surface area contributed by atoms with E-state index >= 15 is 0 Å². The zero-order valence-electron chi connectivity index (χ0n) is 38.9. The fourth-order valence-corrected chi connectivity index (χ4v) is 7.01. The minimum Gasteiger partial charge on any atom is -0.868 e. The Morgan fingerprint density at radius 1 is 0.432 bits per heavy atom. The van der Waals surface area contributed by atoms with Crippen molar-refractivity contribution in [2.75, 3.05) is 59.1 Å². The SMILES string of the molecule is O=C(NCCN(CCNC(=O)c1c([O-])c(=O)ccn1CC(O)C(O)C(O)C(O)CO)CCNC(=O)c1c([O-])c(=O)ccn1CC(O)C(O)C(O)C(O)CO)c1c([O-])c(=O)ccn1CC(O)C(O)C(O)C(O)CO.[Gd]. The van der Waals surface area contributed by atoms with Crippen LogP contribution in [0.1, 0.15) is 31.5 Å². The molecule has 0 aliphatic carbocycles. The average Bonchev–Trinajstić information content (AvgIpc) is 3.36. The van der Waals surface area contributed by atoms with Gasteiger partial charge >= 0.3 is 0 Å². The molecule has 0 radical (unpaired) electrons. The molecule has 3 amide bonds. The summed E-state index contributed by atoms with van der Waals surface area (Å²) in [5.41, 5.74) is -6.16. The Bertz CT molecular complexity index is 2210. The largest absolute Gasteiger partial charge is 0.868 e. The van der Waals surface area contributed by atoms with Gasteiger partial charge in [0.25, 0.3) is 17.7 Å². The number of aromatic nitrogens is 3. The minimum absolute atomic E-state index is 0. The maximum absolute atomic E-state index is 13.4. The van der Waals surface area contributed by atoms with Gasteiger partial charge < -0.3 is 122 Å². The van der Waals surface area contributed by atoms with Crippen LogP contribution in [-0.4, -0.2) is 245 Å². The standard InChI is InChI=1S/C42H63N7O24.Gd/c50-16-25(59)37(68)34(65)22(56)13-47-7-1-19(53)31(62)28(47)40(71)43-4-10-46(11-5-44-41(72)29-32(63)20(54)2-8-48(29)14-23(57)35(66)38(69)26(60)17-51)12-6-45-42(73)30-33(64)21(55)3-9-49(30)15-24(58)36(67)39(70)27(61)18-52;/h1-3,7-9,22-27,34-39,50-52,56-70H,4-6,10-18H2,(H,43,71)(H,44,72)(H,45,73);/p-3. The van der Waals surface area contributed by atoms with Gasteiger partial charge in [0.2, 0.25) is 0 Å². The topological polar surface area (TPSA) is 529 Å². The molecule has 18 N–H and O–H groups in total. The van der Waals surface area contributed by atoms with Crippen molar-refractivity contribution in [3.05, 3.63) is 84.5 Å². The zero-order valence-corrected chi connectivity index (χ0v) is 41.2. The molecule has 0 bridgehead atoms. The summed E-state index contributed by atoms with van der Waals surface area (Å²) in [6.45, 7) is -7.64. The molecule has 0 saturated carbocycles. The van der Waals surface area contributed by atoms with Gasteiger partial charge in [-0.3, -0.25) is 33.7 Å². The molecular formula is C42H60GdN7O24-3. The van der Waals surface area contributed by atoms with Crippen molar-refractivity contribution in [2.24, 2.45) is 0 Å². The summed E-state index contributed by atoms with van der Waals surface area (Å²) < 4.78 is 2.28. The second-order valence-electron chi connectivity index (χ2n) is 16.5. The number of hydrogen-bond acceptors (Lipinski definition) is 25. The molecule has 3 aromatic heterocycles. The molecule has 418 valence electrons. The molecule has 3 rings (SSSR count). The monoisotopic (exact) mass is 1200 g/mol. The number of aliphatic hydroxyl groups is 15. The summed E-state index contributed by atoms with van der Waals surface area (Å²) in [6.07, 6.45) is -21.7. The first-order chi connectivity index (χ1) is 34.3. The van der Waals surface area contributed by atoms with E-state index in [0.29, 0.717) is 0 Å². The van der Waals surface area contributed by atoms with E-state index in [1.54, 1.807) is 0 Å². The smallest absolute Gasteiger partial charge is 0.267 e. The Balaban J connectivity index is 0.0000187. The third kappa shape index (κ3) is 17.4. The van der Waals surface area contributed by atoms with Crippen molar-refractivity contribution in [2.45, 2.75) is 92.9 Å². The maximum Gasteiger partial charge on any atom is 0.267 e. The number of pyridine rings is 3. The van der Waals surface area contributed by atoms with Gasteiger partial charge in [-0.2, -0.15) is 0 Å². The Morgan fingerprint density at radius 3 is 0.865 bits per heavy atom. The van der Waals surface area contributed by atoms with Crippen molar-refractivity contribution in [1.82, 2.24) is 34.6 Å². The number of aliphatic hydroxyl groups excluding tert-OH is 15. The van der Waals surface area contributed by atoms with Crippen LogP contribution in [-0.2, 0) is 19.6 Å². The number of nitrogens with zero attached hydrogens (tertiary/aromatic N) is 4. The van der Waals surface area contributed by atoms with Gasteiger partial charge in [0, 0.05) is 116 Å². The molecule has 31 nitrogen and oxygen atoms in total. The van der Waals surface area contributed by atoms with Crippen molar-refractivity contribution in [1.29, 1.82) is 0 Å². The Kier molecular flexibility index (Phi) is 27.2. The number of amides is 3. The first-order valence-electron chi connectivity index (χ1n) is 22.1. The van der Waals surface area contributed by atoms with Crippen LogP contribution in [0.5, 0.6) is 17.2 Å². The van der Waals surface area contributed by atoms with E-state index in [1.807, 2.05) is 0 Å². The van der Waals surface area contributed by atoms with Gasteiger partial charge in [-0.25, -0.2) is 0 Å². The van der Waals surface area contributed by atoms with Gasteiger partial charge in [-0.05, 0) is 17.2 Å². The molecule has 0 aromatic carbocycles. The molecule has 0 fully saturated rings. The average molecular weight is 1200 g/mol. The second-order valence-corrected chi connectivity index (χ2v) is 16.5. The van der Waals surface area contributed by atoms with E-state index < -0.39 is 201 Å². The van der Waals surface area contributed by atoms with E-state index in [1.165, 1.54) is 4.90 Å². The molecule has 0 aliphatic heterocycles. The van der Waals surface area contributed by atoms with Crippen LogP contribution in [0, 0.1) is 39.9 Å². The maximum atomic E-state index is 13.4.